The van der Waals surface area contributed by atoms with E-state index in [2.05, 4.69) is 17.0 Å². The number of amides is 1. The van der Waals surface area contributed by atoms with E-state index in [4.69, 9.17) is 4.74 Å². The molecule has 2 aromatic carbocycles. The first-order chi connectivity index (χ1) is 10.6. The Bertz CT molecular complexity index is 711. The Morgan fingerprint density at radius 3 is 2.73 bits per heavy atom. The quantitative estimate of drug-likeness (QED) is 0.829. The molecule has 0 atom stereocenters. The molecule has 0 spiro atoms. The number of benzene rings is 2. The van der Waals surface area contributed by atoms with E-state index in [1.807, 2.05) is 31.2 Å². The summed E-state index contributed by atoms with van der Waals surface area (Å²) < 4.78 is 5.04. The van der Waals surface area contributed by atoms with Crippen molar-refractivity contribution < 1.29 is 14.6 Å². The summed E-state index contributed by atoms with van der Waals surface area (Å²) in [7, 11) is 1.42. The Morgan fingerprint density at radius 1 is 1.36 bits per heavy atom. The summed E-state index contributed by atoms with van der Waals surface area (Å²) in [5, 5.41) is 12.6. The molecule has 1 amide bonds. The van der Waals surface area contributed by atoms with E-state index in [1.54, 1.807) is 0 Å². The van der Waals surface area contributed by atoms with Gasteiger partial charge in [0.1, 0.15) is 0 Å². The number of methoxy groups -OCH3 is 1. The average molecular weight is 298 g/mol. The van der Waals surface area contributed by atoms with Crippen molar-refractivity contribution in [1.29, 1.82) is 0 Å². The van der Waals surface area contributed by atoms with Crippen molar-refractivity contribution >= 4 is 24.0 Å². The first-order valence-electron chi connectivity index (χ1n) is 6.87. The summed E-state index contributed by atoms with van der Waals surface area (Å²) in [6, 6.07) is 10.4. The van der Waals surface area contributed by atoms with Gasteiger partial charge in [0.15, 0.2) is 11.5 Å². The van der Waals surface area contributed by atoms with Crippen LogP contribution in [0.1, 0.15) is 22.8 Å². The van der Waals surface area contributed by atoms with E-state index in [0.717, 1.165) is 17.7 Å². The molecule has 0 fully saturated rings. The van der Waals surface area contributed by atoms with Crippen LogP contribution in [0, 0.1) is 0 Å². The van der Waals surface area contributed by atoms with Crippen LogP contribution in [0.4, 0.5) is 11.4 Å². The number of rotatable bonds is 5. The van der Waals surface area contributed by atoms with Gasteiger partial charge in [0.05, 0.1) is 18.4 Å². The lowest BCUT2D eigenvalue weighted by Crippen LogP contribution is -2.13. The summed E-state index contributed by atoms with van der Waals surface area (Å²) >= 11 is 0. The van der Waals surface area contributed by atoms with Crippen LogP contribution in [0.2, 0.25) is 0 Å². The van der Waals surface area contributed by atoms with Crippen molar-refractivity contribution in [3.63, 3.8) is 0 Å². The highest BCUT2D eigenvalue weighted by Crippen LogP contribution is 2.34. The van der Waals surface area contributed by atoms with Gasteiger partial charge in [0.2, 0.25) is 0 Å². The molecule has 2 rings (SSSR count). The van der Waals surface area contributed by atoms with Gasteiger partial charge in [-0.15, -0.1) is 0 Å². The summed E-state index contributed by atoms with van der Waals surface area (Å²) in [6.07, 6.45) is 0.807. The van der Waals surface area contributed by atoms with Crippen molar-refractivity contribution in [2.24, 2.45) is 4.99 Å². The normalized spacial score (nSPS) is 10.1. The second-order valence-electron chi connectivity index (χ2n) is 4.66. The second kappa shape index (κ2) is 6.76. The molecule has 0 heterocycles. The zero-order valence-electron chi connectivity index (χ0n) is 12.6. The number of hydrogen-bond acceptors (Lipinski definition) is 4. The highest BCUT2D eigenvalue weighted by atomic mass is 16.5. The Labute approximate surface area is 129 Å². The van der Waals surface area contributed by atoms with Gasteiger partial charge >= 0.3 is 0 Å². The molecule has 0 bridgehead atoms. The molecule has 5 nitrogen and oxygen atoms in total. The highest BCUT2D eigenvalue weighted by Gasteiger charge is 2.16. The minimum Gasteiger partial charge on any atom is -0.504 e. The molecule has 0 aliphatic heterocycles. The molecule has 0 saturated heterocycles. The zero-order chi connectivity index (χ0) is 16.1. The fourth-order valence-electron chi connectivity index (χ4n) is 2.17. The topological polar surface area (TPSA) is 70.9 Å². The SMILES string of the molecule is C=Nc1cc(O)c(OC)cc1C(=O)Nc1ccccc1CC. The van der Waals surface area contributed by atoms with Crippen LogP contribution in [-0.2, 0) is 6.42 Å². The highest BCUT2D eigenvalue weighted by molar-refractivity contribution is 6.08. The number of nitrogens with zero attached hydrogens (tertiary/aromatic N) is 1. The van der Waals surface area contributed by atoms with Crippen LogP contribution in [-0.4, -0.2) is 24.8 Å². The van der Waals surface area contributed by atoms with E-state index in [-0.39, 0.29) is 23.0 Å². The lowest BCUT2D eigenvalue weighted by molar-refractivity contribution is 0.102. The number of para-hydroxylation sites is 1. The lowest BCUT2D eigenvalue weighted by atomic mass is 10.1. The largest absolute Gasteiger partial charge is 0.504 e. The molecule has 2 aromatic rings. The van der Waals surface area contributed by atoms with Crippen molar-refractivity contribution in [2.75, 3.05) is 12.4 Å². The average Bonchev–Trinajstić information content (AvgIpc) is 2.54. The molecule has 5 heteroatoms. The van der Waals surface area contributed by atoms with Crippen molar-refractivity contribution in [2.45, 2.75) is 13.3 Å². The Hall–Kier alpha value is -2.82. The van der Waals surface area contributed by atoms with Crippen molar-refractivity contribution in [1.82, 2.24) is 0 Å². The van der Waals surface area contributed by atoms with Gasteiger partial charge < -0.3 is 15.2 Å². The maximum absolute atomic E-state index is 12.5. The molecule has 2 N–H and O–H groups in total. The van der Waals surface area contributed by atoms with Crippen molar-refractivity contribution in [3.05, 3.63) is 47.5 Å². The number of carbonyl (C=O) groups excluding carboxylic acids is 1. The maximum atomic E-state index is 12.5. The summed E-state index contributed by atoms with van der Waals surface area (Å²) in [6.45, 7) is 5.45. The summed E-state index contributed by atoms with van der Waals surface area (Å²) in [5.74, 6) is -0.210. The minimum atomic E-state index is -0.332. The molecule has 0 aliphatic carbocycles. The van der Waals surface area contributed by atoms with Gasteiger partial charge in [0, 0.05) is 11.8 Å². The number of ether oxygens (including phenoxy) is 1. The first kappa shape index (κ1) is 15.6. The van der Waals surface area contributed by atoms with Gasteiger partial charge in [-0.05, 0) is 30.8 Å². The Balaban J connectivity index is 2.39. The molecular formula is C17H18N2O3. The maximum Gasteiger partial charge on any atom is 0.258 e. The number of nitrogens with one attached hydrogen (secondary N) is 1. The monoisotopic (exact) mass is 298 g/mol. The van der Waals surface area contributed by atoms with Crippen LogP contribution >= 0.6 is 0 Å². The summed E-state index contributed by atoms with van der Waals surface area (Å²) in [5.41, 5.74) is 2.37. The molecule has 0 aromatic heterocycles. The van der Waals surface area contributed by atoms with Crippen LogP contribution in [0.25, 0.3) is 0 Å². The third-order valence-corrected chi connectivity index (χ3v) is 3.36. The zero-order valence-corrected chi connectivity index (χ0v) is 12.6. The molecule has 0 radical (unpaired) electrons. The molecule has 22 heavy (non-hydrogen) atoms. The molecular weight excluding hydrogens is 280 g/mol. The van der Waals surface area contributed by atoms with E-state index < -0.39 is 0 Å². The molecule has 0 saturated carbocycles. The van der Waals surface area contributed by atoms with Crippen LogP contribution in [0.15, 0.2) is 41.4 Å². The molecule has 0 unspecified atom stereocenters. The number of phenols is 1. The number of aryl methyl sites for hydroxylation is 1. The Kier molecular flexibility index (Phi) is 4.78. The van der Waals surface area contributed by atoms with E-state index in [1.165, 1.54) is 19.2 Å². The Morgan fingerprint density at radius 2 is 2.09 bits per heavy atom. The van der Waals surface area contributed by atoms with Crippen LogP contribution in [0.5, 0.6) is 11.5 Å². The molecule has 0 aliphatic rings. The standard InChI is InChI=1S/C17H18N2O3/c1-4-11-7-5-6-8-13(11)19-17(21)12-9-16(22-3)15(20)10-14(12)18-2/h5-10,20H,2,4H2,1,3H3,(H,19,21). The van der Waals surface area contributed by atoms with Crippen LogP contribution < -0.4 is 10.1 Å². The number of anilines is 1. The van der Waals surface area contributed by atoms with Crippen LogP contribution in [0.3, 0.4) is 0 Å². The van der Waals surface area contributed by atoms with E-state index in [9.17, 15) is 9.90 Å². The smallest absolute Gasteiger partial charge is 0.258 e. The van der Waals surface area contributed by atoms with Gasteiger partial charge in [-0.25, -0.2) is 0 Å². The first-order valence-corrected chi connectivity index (χ1v) is 6.87. The predicted octanol–water partition coefficient (Wildman–Crippen LogP) is 3.55. The minimum absolute atomic E-state index is 0.0876. The number of phenolic OH excluding ortho intramolecular Hbond substituents is 1. The van der Waals surface area contributed by atoms with Gasteiger partial charge in [-0.1, -0.05) is 25.1 Å². The van der Waals surface area contributed by atoms with Gasteiger partial charge in [-0.2, -0.15) is 0 Å². The molecule has 114 valence electrons. The number of carbonyl (C=O) groups is 1. The number of aromatic hydroxyl groups is 1. The number of aliphatic imine (C=N–C) groups is 1. The second-order valence-corrected chi connectivity index (χ2v) is 4.66. The van der Waals surface area contributed by atoms with Gasteiger partial charge in [0.25, 0.3) is 5.91 Å². The summed E-state index contributed by atoms with van der Waals surface area (Å²) in [4.78, 5) is 16.3. The third kappa shape index (κ3) is 3.09. The predicted molar refractivity (Wildman–Crippen MR) is 87.6 cm³/mol. The fourth-order valence-corrected chi connectivity index (χ4v) is 2.17. The number of hydrogen-bond donors (Lipinski definition) is 2. The van der Waals surface area contributed by atoms with E-state index in [0.29, 0.717) is 5.69 Å². The van der Waals surface area contributed by atoms with E-state index >= 15 is 0 Å². The third-order valence-electron chi connectivity index (χ3n) is 3.36. The lowest BCUT2D eigenvalue weighted by Gasteiger charge is -2.12. The fraction of sp³-hybridized carbons (Fsp3) is 0.176. The van der Waals surface area contributed by atoms with Gasteiger partial charge in [-0.3, -0.25) is 9.79 Å². The van der Waals surface area contributed by atoms with Crippen molar-refractivity contribution in [3.8, 4) is 11.5 Å².